The first-order valence-corrected chi connectivity index (χ1v) is 6.73. The molecule has 1 aliphatic heterocycles. The minimum atomic E-state index is -0.816. The van der Waals surface area contributed by atoms with Crippen molar-refractivity contribution >= 4 is 11.9 Å². The third kappa shape index (κ3) is 4.00. The molecule has 1 rings (SSSR count). The zero-order chi connectivity index (χ0) is 13.9. The number of rotatable bonds is 4. The van der Waals surface area contributed by atoms with Crippen molar-refractivity contribution in [2.24, 2.45) is 11.3 Å². The second kappa shape index (κ2) is 5.72. The average molecular weight is 255 g/mol. The zero-order valence-corrected chi connectivity index (χ0v) is 11.9. The predicted molar refractivity (Wildman–Crippen MR) is 70.2 cm³/mol. The van der Waals surface area contributed by atoms with Crippen LogP contribution >= 0.6 is 0 Å². The third-order valence-electron chi connectivity index (χ3n) is 4.07. The van der Waals surface area contributed by atoms with Crippen LogP contribution in [0.25, 0.3) is 0 Å². The van der Waals surface area contributed by atoms with Crippen molar-refractivity contribution in [1.82, 2.24) is 4.90 Å². The maximum Gasteiger partial charge on any atom is 0.305 e. The molecule has 1 fully saturated rings. The highest BCUT2D eigenvalue weighted by atomic mass is 16.4. The second-order valence-electron chi connectivity index (χ2n) is 6.45. The maximum absolute atomic E-state index is 12.2. The van der Waals surface area contributed by atoms with E-state index in [1.54, 1.807) is 4.90 Å². The van der Waals surface area contributed by atoms with Gasteiger partial charge in [-0.15, -0.1) is 0 Å². The Bertz CT molecular complexity index is 319. The number of hydrogen-bond donors (Lipinski definition) is 1. The topological polar surface area (TPSA) is 57.6 Å². The fourth-order valence-corrected chi connectivity index (χ4v) is 2.26. The summed E-state index contributed by atoms with van der Waals surface area (Å²) in [5, 5.41) is 8.85. The standard InChI is InChI=1S/C14H25NO3/c1-10(14(2,3)4)8-12(16)15-7-5-6-11(15)9-13(17)18/h10-11H,5-9H2,1-4H3,(H,17,18). The summed E-state index contributed by atoms with van der Waals surface area (Å²) >= 11 is 0. The van der Waals surface area contributed by atoms with E-state index in [-0.39, 0.29) is 23.8 Å². The lowest BCUT2D eigenvalue weighted by Gasteiger charge is -2.30. The molecule has 0 aromatic rings. The van der Waals surface area contributed by atoms with Gasteiger partial charge in [-0.1, -0.05) is 27.7 Å². The molecule has 0 bridgehead atoms. The fraction of sp³-hybridized carbons (Fsp3) is 0.857. The molecule has 104 valence electrons. The van der Waals surface area contributed by atoms with Crippen LogP contribution in [0.4, 0.5) is 0 Å². The van der Waals surface area contributed by atoms with E-state index in [0.717, 1.165) is 12.8 Å². The van der Waals surface area contributed by atoms with Gasteiger partial charge >= 0.3 is 5.97 Å². The number of hydrogen-bond acceptors (Lipinski definition) is 2. The minimum absolute atomic E-state index is 0.0790. The fourth-order valence-electron chi connectivity index (χ4n) is 2.26. The van der Waals surface area contributed by atoms with Gasteiger partial charge in [0.15, 0.2) is 0 Å². The molecule has 18 heavy (non-hydrogen) atoms. The van der Waals surface area contributed by atoms with Gasteiger partial charge in [-0.25, -0.2) is 0 Å². The molecule has 0 spiro atoms. The summed E-state index contributed by atoms with van der Waals surface area (Å²) in [6.45, 7) is 9.19. The van der Waals surface area contributed by atoms with E-state index in [9.17, 15) is 9.59 Å². The number of carboxylic acid groups (broad SMARTS) is 1. The second-order valence-corrected chi connectivity index (χ2v) is 6.45. The van der Waals surface area contributed by atoms with E-state index in [1.165, 1.54) is 0 Å². The first kappa shape index (κ1) is 15.0. The van der Waals surface area contributed by atoms with Gasteiger partial charge in [0.05, 0.1) is 6.42 Å². The molecule has 2 atom stereocenters. The van der Waals surface area contributed by atoms with E-state index in [4.69, 9.17) is 5.11 Å². The van der Waals surface area contributed by atoms with E-state index in [1.807, 2.05) is 0 Å². The SMILES string of the molecule is CC(CC(=O)N1CCCC1CC(=O)O)C(C)(C)C. The first-order chi connectivity index (χ1) is 8.21. The Morgan fingerprint density at radius 1 is 1.39 bits per heavy atom. The van der Waals surface area contributed by atoms with Crippen LogP contribution in [0.3, 0.4) is 0 Å². The summed E-state index contributed by atoms with van der Waals surface area (Å²) in [5.41, 5.74) is 0.109. The average Bonchev–Trinajstić information content (AvgIpc) is 2.63. The van der Waals surface area contributed by atoms with Crippen LogP contribution in [0.1, 0.15) is 53.4 Å². The molecule has 4 heteroatoms. The maximum atomic E-state index is 12.2. The molecule has 0 saturated carbocycles. The molecule has 1 N–H and O–H groups in total. The molecule has 0 radical (unpaired) electrons. The van der Waals surface area contributed by atoms with Crippen LogP contribution in [0, 0.1) is 11.3 Å². The van der Waals surface area contributed by atoms with Crippen molar-refractivity contribution in [3.05, 3.63) is 0 Å². The lowest BCUT2D eigenvalue weighted by molar-refractivity contribution is -0.140. The van der Waals surface area contributed by atoms with Crippen molar-refractivity contribution < 1.29 is 14.7 Å². The Labute approximate surface area is 109 Å². The van der Waals surface area contributed by atoms with Crippen LogP contribution in [0.2, 0.25) is 0 Å². The lowest BCUT2D eigenvalue weighted by Crippen LogP contribution is -2.38. The molecular weight excluding hydrogens is 230 g/mol. The van der Waals surface area contributed by atoms with Crippen molar-refractivity contribution in [1.29, 1.82) is 0 Å². The number of carbonyl (C=O) groups is 2. The van der Waals surface area contributed by atoms with E-state index in [0.29, 0.717) is 18.9 Å². The van der Waals surface area contributed by atoms with Gasteiger partial charge in [0, 0.05) is 19.0 Å². The molecule has 0 aliphatic carbocycles. The third-order valence-corrected chi connectivity index (χ3v) is 4.07. The lowest BCUT2D eigenvalue weighted by atomic mass is 9.80. The smallest absolute Gasteiger partial charge is 0.305 e. The summed E-state index contributed by atoms with van der Waals surface area (Å²) in [6, 6.07) is -0.0952. The Morgan fingerprint density at radius 3 is 2.50 bits per heavy atom. The Morgan fingerprint density at radius 2 is 2.00 bits per heavy atom. The summed E-state index contributed by atoms with van der Waals surface area (Å²) in [5.74, 6) is -0.402. The first-order valence-electron chi connectivity index (χ1n) is 6.73. The van der Waals surface area contributed by atoms with Crippen molar-refractivity contribution in [2.45, 2.75) is 59.4 Å². The molecule has 0 aromatic heterocycles. The number of carbonyl (C=O) groups excluding carboxylic acids is 1. The zero-order valence-electron chi connectivity index (χ0n) is 11.9. The van der Waals surface area contributed by atoms with Gasteiger partial charge < -0.3 is 10.0 Å². The van der Waals surface area contributed by atoms with Crippen molar-refractivity contribution in [3.8, 4) is 0 Å². The Kier molecular flexibility index (Phi) is 4.77. The summed E-state index contributed by atoms with van der Waals surface area (Å²) in [7, 11) is 0. The van der Waals surface area contributed by atoms with Gasteiger partial charge in [-0.3, -0.25) is 9.59 Å². The Hall–Kier alpha value is -1.06. The Balaban J connectivity index is 2.58. The van der Waals surface area contributed by atoms with Crippen LogP contribution in [-0.4, -0.2) is 34.5 Å². The van der Waals surface area contributed by atoms with E-state index in [2.05, 4.69) is 27.7 Å². The normalized spacial score (nSPS) is 22.0. The molecule has 1 aliphatic rings. The van der Waals surface area contributed by atoms with Gasteiger partial charge in [0.25, 0.3) is 0 Å². The molecular formula is C14H25NO3. The van der Waals surface area contributed by atoms with Crippen LogP contribution in [-0.2, 0) is 9.59 Å². The summed E-state index contributed by atoms with van der Waals surface area (Å²) < 4.78 is 0. The molecule has 1 amide bonds. The summed E-state index contributed by atoms with van der Waals surface area (Å²) in [6.07, 6.45) is 2.34. The molecule has 1 saturated heterocycles. The number of carboxylic acids is 1. The molecule has 2 unspecified atom stereocenters. The van der Waals surface area contributed by atoms with Crippen molar-refractivity contribution in [3.63, 3.8) is 0 Å². The highest BCUT2D eigenvalue weighted by Gasteiger charge is 2.32. The van der Waals surface area contributed by atoms with Crippen molar-refractivity contribution in [2.75, 3.05) is 6.54 Å². The molecule has 1 heterocycles. The van der Waals surface area contributed by atoms with Crippen LogP contribution in [0.5, 0.6) is 0 Å². The van der Waals surface area contributed by atoms with Gasteiger partial charge in [0.1, 0.15) is 0 Å². The monoisotopic (exact) mass is 255 g/mol. The number of likely N-dealkylation sites (tertiary alicyclic amines) is 1. The van der Waals surface area contributed by atoms with E-state index < -0.39 is 5.97 Å². The minimum Gasteiger partial charge on any atom is -0.481 e. The van der Waals surface area contributed by atoms with Crippen LogP contribution in [0.15, 0.2) is 0 Å². The predicted octanol–water partition coefficient (Wildman–Crippen LogP) is 2.52. The van der Waals surface area contributed by atoms with Gasteiger partial charge in [0.2, 0.25) is 5.91 Å². The summed E-state index contributed by atoms with van der Waals surface area (Å²) in [4.78, 5) is 24.8. The van der Waals surface area contributed by atoms with E-state index >= 15 is 0 Å². The highest BCUT2D eigenvalue weighted by Crippen LogP contribution is 2.30. The van der Waals surface area contributed by atoms with Crippen LogP contribution < -0.4 is 0 Å². The van der Waals surface area contributed by atoms with Gasteiger partial charge in [-0.2, -0.15) is 0 Å². The highest BCUT2D eigenvalue weighted by molar-refractivity contribution is 5.78. The molecule has 4 nitrogen and oxygen atoms in total. The number of amides is 1. The number of aliphatic carboxylic acids is 1. The largest absolute Gasteiger partial charge is 0.481 e. The quantitative estimate of drug-likeness (QED) is 0.839. The molecule has 0 aromatic carbocycles. The number of nitrogens with zero attached hydrogens (tertiary/aromatic N) is 1. The van der Waals surface area contributed by atoms with Gasteiger partial charge in [-0.05, 0) is 24.2 Å².